The summed E-state index contributed by atoms with van der Waals surface area (Å²) in [4.78, 5) is 41.3. The van der Waals surface area contributed by atoms with Gasteiger partial charge in [0.25, 0.3) is 5.56 Å². The third-order valence-corrected chi connectivity index (χ3v) is 4.89. The fourth-order valence-electron chi connectivity index (χ4n) is 3.28. The van der Waals surface area contributed by atoms with Crippen molar-refractivity contribution in [2.24, 2.45) is 0 Å². The molecule has 0 N–H and O–H groups in total. The summed E-state index contributed by atoms with van der Waals surface area (Å²) in [6.07, 6.45) is 4.51. The fraction of sp³-hybridized carbons (Fsp3) is 0.389. The van der Waals surface area contributed by atoms with E-state index in [1.165, 1.54) is 23.4 Å². The third kappa shape index (κ3) is 3.84. The average molecular weight is 395 g/mol. The number of piperazine rings is 1. The molecule has 150 valence electrons. The number of carbonyl (C=O) groups excluding carboxylic acids is 1. The molecule has 0 aromatic carbocycles. The van der Waals surface area contributed by atoms with Gasteiger partial charge in [0, 0.05) is 38.3 Å². The molecule has 1 amide bonds. The second kappa shape index (κ2) is 7.78. The summed E-state index contributed by atoms with van der Waals surface area (Å²) in [6, 6.07) is 4.27. The van der Waals surface area contributed by atoms with E-state index in [1.807, 2.05) is 6.07 Å². The minimum Gasteiger partial charge on any atom is -0.353 e. The summed E-state index contributed by atoms with van der Waals surface area (Å²) in [6.45, 7) is 5.82. The van der Waals surface area contributed by atoms with E-state index >= 15 is 0 Å². The zero-order valence-electron chi connectivity index (χ0n) is 16.2. The van der Waals surface area contributed by atoms with Gasteiger partial charge in [0.15, 0.2) is 5.82 Å². The van der Waals surface area contributed by atoms with Gasteiger partial charge in [0.05, 0.1) is 5.69 Å². The lowest BCUT2D eigenvalue weighted by Crippen LogP contribution is -2.51. The van der Waals surface area contributed by atoms with Gasteiger partial charge >= 0.3 is 0 Å². The van der Waals surface area contributed by atoms with E-state index < -0.39 is 6.04 Å². The molecule has 0 bridgehead atoms. The summed E-state index contributed by atoms with van der Waals surface area (Å²) in [5.41, 5.74) is 0.415. The Morgan fingerprint density at radius 1 is 1.07 bits per heavy atom. The Hall–Kier alpha value is -3.63. The summed E-state index contributed by atoms with van der Waals surface area (Å²) in [5.74, 6) is 1.28. The highest BCUT2D eigenvalue weighted by atomic mass is 16.2. The van der Waals surface area contributed by atoms with E-state index in [2.05, 4.69) is 30.0 Å². The molecule has 1 aliphatic heterocycles. The lowest BCUT2D eigenvalue weighted by Gasteiger charge is -2.36. The van der Waals surface area contributed by atoms with Crippen LogP contribution in [-0.4, -0.2) is 71.5 Å². The molecule has 0 radical (unpaired) electrons. The third-order valence-electron chi connectivity index (χ3n) is 4.89. The van der Waals surface area contributed by atoms with Crippen molar-refractivity contribution in [1.29, 1.82) is 0 Å². The molecule has 0 unspecified atom stereocenters. The number of hydrogen-bond donors (Lipinski definition) is 0. The molecule has 29 heavy (non-hydrogen) atoms. The van der Waals surface area contributed by atoms with Gasteiger partial charge in [-0.25, -0.2) is 24.3 Å². The van der Waals surface area contributed by atoms with Gasteiger partial charge in [0.1, 0.15) is 30.8 Å². The molecule has 11 nitrogen and oxygen atoms in total. The van der Waals surface area contributed by atoms with Crippen LogP contribution < -0.4 is 10.5 Å². The van der Waals surface area contributed by atoms with Crippen molar-refractivity contribution in [2.45, 2.75) is 19.9 Å². The number of anilines is 1. The van der Waals surface area contributed by atoms with Crippen molar-refractivity contribution < 1.29 is 4.79 Å². The standard InChI is InChI=1S/C18H21N9O2/c1-13-3-4-17(28)27(23-13)14(2)18(29)25-7-5-24(6-8-25)15-9-16(21-11-20-15)26-12-19-10-22-26/h3-4,9-12,14H,5-8H2,1-2H3/t14-/m0/s1. The normalized spacial score (nSPS) is 15.4. The number of aryl methyl sites for hydroxylation is 1. The molecule has 1 saturated heterocycles. The molecule has 4 rings (SSSR count). The number of nitrogens with zero attached hydrogens (tertiary/aromatic N) is 9. The zero-order valence-corrected chi connectivity index (χ0v) is 16.2. The van der Waals surface area contributed by atoms with E-state index in [4.69, 9.17) is 0 Å². The second-order valence-electron chi connectivity index (χ2n) is 6.82. The number of carbonyl (C=O) groups is 1. The lowest BCUT2D eigenvalue weighted by atomic mass is 10.2. The average Bonchev–Trinajstić information content (AvgIpc) is 3.30. The van der Waals surface area contributed by atoms with Crippen molar-refractivity contribution >= 4 is 11.7 Å². The molecule has 0 aliphatic carbocycles. The smallest absolute Gasteiger partial charge is 0.267 e. The van der Waals surface area contributed by atoms with Crippen molar-refractivity contribution in [1.82, 2.24) is 39.4 Å². The maximum Gasteiger partial charge on any atom is 0.267 e. The van der Waals surface area contributed by atoms with Crippen LogP contribution in [0.2, 0.25) is 0 Å². The molecule has 0 spiro atoms. The van der Waals surface area contributed by atoms with Gasteiger partial charge in [-0.3, -0.25) is 9.59 Å². The van der Waals surface area contributed by atoms with Crippen LogP contribution in [0.5, 0.6) is 0 Å². The predicted octanol–water partition coefficient (Wildman–Crippen LogP) is -0.168. The Balaban J connectivity index is 1.43. The van der Waals surface area contributed by atoms with Gasteiger partial charge in [-0.1, -0.05) is 0 Å². The Morgan fingerprint density at radius 3 is 2.55 bits per heavy atom. The van der Waals surface area contributed by atoms with E-state index in [-0.39, 0.29) is 11.5 Å². The van der Waals surface area contributed by atoms with Crippen LogP contribution >= 0.6 is 0 Å². The van der Waals surface area contributed by atoms with Crippen molar-refractivity contribution in [2.75, 3.05) is 31.1 Å². The van der Waals surface area contributed by atoms with Crippen LogP contribution in [0.4, 0.5) is 5.82 Å². The summed E-state index contributed by atoms with van der Waals surface area (Å²) in [7, 11) is 0. The van der Waals surface area contributed by atoms with Crippen LogP contribution in [0.25, 0.3) is 5.82 Å². The molecule has 4 heterocycles. The van der Waals surface area contributed by atoms with Crippen LogP contribution in [-0.2, 0) is 4.79 Å². The molecule has 1 aliphatic rings. The van der Waals surface area contributed by atoms with Crippen LogP contribution in [0.15, 0.2) is 42.0 Å². The quantitative estimate of drug-likeness (QED) is 0.598. The first-order valence-corrected chi connectivity index (χ1v) is 9.30. The minimum atomic E-state index is -0.646. The Morgan fingerprint density at radius 2 is 1.83 bits per heavy atom. The molecular formula is C18H21N9O2. The van der Waals surface area contributed by atoms with Crippen LogP contribution in [0.3, 0.4) is 0 Å². The summed E-state index contributed by atoms with van der Waals surface area (Å²) < 4.78 is 2.82. The first-order chi connectivity index (χ1) is 14.0. The maximum atomic E-state index is 12.9. The second-order valence-corrected chi connectivity index (χ2v) is 6.82. The topological polar surface area (TPSA) is 115 Å². The lowest BCUT2D eigenvalue weighted by molar-refractivity contribution is -0.135. The minimum absolute atomic E-state index is 0.115. The van der Waals surface area contributed by atoms with Crippen molar-refractivity contribution in [3.05, 3.63) is 53.2 Å². The van der Waals surface area contributed by atoms with Gasteiger partial charge in [-0.2, -0.15) is 10.2 Å². The zero-order chi connectivity index (χ0) is 20.4. The van der Waals surface area contributed by atoms with Crippen LogP contribution in [0.1, 0.15) is 18.7 Å². The molecule has 3 aromatic heterocycles. The maximum absolute atomic E-state index is 12.9. The van der Waals surface area contributed by atoms with E-state index in [0.717, 1.165) is 5.82 Å². The van der Waals surface area contributed by atoms with E-state index in [9.17, 15) is 9.59 Å². The monoisotopic (exact) mass is 395 g/mol. The number of amides is 1. The summed E-state index contributed by atoms with van der Waals surface area (Å²) >= 11 is 0. The highest BCUT2D eigenvalue weighted by Gasteiger charge is 2.27. The molecule has 0 saturated carbocycles. The Bertz CT molecular complexity index is 1060. The predicted molar refractivity (Wildman–Crippen MR) is 104 cm³/mol. The summed E-state index contributed by atoms with van der Waals surface area (Å²) in [5, 5.41) is 8.28. The Labute approximate surface area is 166 Å². The molecular weight excluding hydrogens is 374 g/mol. The van der Waals surface area contributed by atoms with Gasteiger partial charge in [0.2, 0.25) is 5.91 Å². The van der Waals surface area contributed by atoms with Crippen molar-refractivity contribution in [3.63, 3.8) is 0 Å². The van der Waals surface area contributed by atoms with Gasteiger partial charge < -0.3 is 9.80 Å². The number of rotatable bonds is 4. The van der Waals surface area contributed by atoms with Crippen LogP contribution in [0, 0.1) is 6.92 Å². The Kier molecular flexibility index (Phi) is 5.02. The molecule has 3 aromatic rings. The van der Waals surface area contributed by atoms with Crippen molar-refractivity contribution in [3.8, 4) is 5.82 Å². The molecule has 1 fully saturated rings. The first kappa shape index (κ1) is 18.7. The highest BCUT2D eigenvalue weighted by Crippen LogP contribution is 2.17. The van der Waals surface area contributed by atoms with Gasteiger partial charge in [-0.05, 0) is 19.9 Å². The van der Waals surface area contributed by atoms with E-state index in [1.54, 1.807) is 35.8 Å². The SMILES string of the molecule is Cc1ccc(=O)n([C@@H](C)C(=O)N2CCN(c3cc(-n4cncn4)ncn3)CC2)n1. The highest BCUT2D eigenvalue weighted by molar-refractivity contribution is 5.80. The van der Waals surface area contributed by atoms with Gasteiger partial charge in [-0.15, -0.1) is 0 Å². The number of hydrogen-bond acceptors (Lipinski definition) is 8. The first-order valence-electron chi connectivity index (χ1n) is 9.30. The van der Waals surface area contributed by atoms with E-state index in [0.29, 0.717) is 37.7 Å². The number of aromatic nitrogens is 7. The largest absolute Gasteiger partial charge is 0.353 e. The molecule has 1 atom stereocenters. The fourth-order valence-corrected chi connectivity index (χ4v) is 3.28. The molecule has 11 heteroatoms.